The summed E-state index contributed by atoms with van der Waals surface area (Å²) in [7, 11) is 3.27. The van der Waals surface area contributed by atoms with Gasteiger partial charge in [0, 0.05) is 0 Å². The van der Waals surface area contributed by atoms with Crippen LogP contribution in [0.1, 0.15) is 23.1 Å². The van der Waals surface area contributed by atoms with Gasteiger partial charge in [-0.2, -0.15) is 13.2 Å². The molecule has 0 aromatic heterocycles. The Hall–Kier alpha value is -3.73. The molecule has 0 amide bonds. The lowest BCUT2D eigenvalue weighted by atomic mass is 9.84. The first-order chi connectivity index (χ1) is 16.9. The molecule has 0 atom stereocenters. The number of ether oxygens (including phenoxy) is 2. The summed E-state index contributed by atoms with van der Waals surface area (Å²) < 4.78 is 50.4. The van der Waals surface area contributed by atoms with E-state index in [2.05, 4.69) is 6.07 Å². The van der Waals surface area contributed by atoms with Crippen LogP contribution in [0.2, 0.25) is 0 Å². The van der Waals surface area contributed by atoms with Crippen molar-refractivity contribution in [1.82, 2.24) is 0 Å². The smallest absolute Gasteiger partial charge is 0.416 e. The van der Waals surface area contributed by atoms with Crippen molar-refractivity contribution in [2.75, 3.05) is 14.2 Å². The predicted octanol–water partition coefficient (Wildman–Crippen LogP) is 8.21. The molecule has 4 aromatic carbocycles. The highest BCUT2D eigenvalue weighted by Gasteiger charge is 2.30. The van der Waals surface area contributed by atoms with Crippen LogP contribution in [0, 0.1) is 0 Å². The molecule has 0 saturated carbocycles. The van der Waals surface area contributed by atoms with Crippen molar-refractivity contribution in [2.45, 2.75) is 25.4 Å². The number of benzene rings is 4. The molecule has 5 rings (SSSR count). The van der Waals surface area contributed by atoms with E-state index < -0.39 is 11.7 Å². The topological polar surface area (TPSA) is 18.5 Å². The number of methoxy groups -OCH3 is 2. The zero-order valence-corrected chi connectivity index (χ0v) is 19.6. The fourth-order valence-electron chi connectivity index (χ4n) is 4.97. The van der Waals surface area contributed by atoms with Gasteiger partial charge in [-0.25, -0.2) is 0 Å². The van der Waals surface area contributed by atoms with Crippen LogP contribution < -0.4 is 9.47 Å². The van der Waals surface area contributed by atoms with Crippen LogP contribution in [0.25, 0.3) is 33.4 Å². The quantitative estimate of drug-likeness (QED) is 0.290. The van der Waals surface area contributed by atoms with Crippen LogP contribution in [0.5, 0.6) is 11.5 Å². The first kappa shape index (κ1) is 23.0. The molecule has 35 heavy (non-hydrogen) atoms. The first-order valence-electron chi connectivity index (χ1n) is 11.5. The molecule has 0 fully saturated rings. The highest BCUT2D eigenvalue weighted by atomic mass is 19.4. The molecule has 0 saturated heterocycles. The van der Waals surface area contributed by atoms with Gasteiger partial charge in [-0.3, -0.25) is 0 Å². The number of rotatable bonds is 5. The maximum Gasteiger partial charge on any atom is 0.416 e. The summed E-state index contributed by atoms with van der Waals surface area (Å²) in [4.78, 5) is 0. The maximum atomic E-state index is 13.2. The summed E-state index contributed by atoms with van der Waals surface area (Å²) >= 11 is 0. The van der Waals surface area contributed by atoms with Gasteiger partial charge in [0.25, 0.3) is 0 Å². The maximum absolute atomic E-state index is 13.2. The summed E-state index contributed by atoms with van der Waals surface area (Å²) in [5.41, 5.74) is 7.89. The number of hydrogen-bond donors (Lipinski definition) is 0. The molecular weight excluding hydrogens is 449 g/mol. The fraction of sp³-hybridized carbons (Fsp3) is 0.200. The standard InChI is InChI=1S/C30H25F3O2/c1-34-23-14-8-19(9-15-23)27-18-28(20-6-12-22(13-7-20)30(31,32)33)29(26-5-3-4-25(26)27)21-10-16-24(35-2)17-11-21/h6-18H,3-5H2,1-2H3. The average Bonchev–Trinajstić information content (AvgIpc) is 3.37. The van der Waals surface area contributed by atoms with Crippen molar-refractivity contribution in [3.8, 4) is 44.9 Å². The highest BCUT2D eigenvalue weighted by Crippen LogP contribution is 2.45. The normalized spacial score (nSPS) is 12.9. The second-order valence-electron chi connectivity index (χ2n) is 8.69. The Bertz CT molecular complexity index is 1340. The first-order valence-corrected chi connectivity index (χ1v) is 11.5. The molecule has 4 aromatic rings. The Labute approximate surface area is 203 Å². The van der Waals surface area contributed by atoms with Gasteiger partial charge < -0.3 is 9.47 Å². The van der Waals surface area contributed by atoms with E-state index in [0.717, 1.165) is 76.3 Å². The van der Waals surface area contributed by atoms with E-state index in [0.29, 0.717) is 0 Å². The molecule has 0 bridgehead atoms. The van der Waals surface area contributed by atoms with Crippen molar-refractivity contribution in [2.24, 2.45) is 0 Å². The van der Waals surface area contributed by atoms with E-state index in [-0.39, 0.29) is 0 Å². The number of alkyl halides is 3. The Kier molecular flexibility index (Phi) is 6.01. The minimum absolute atomic E-state index is 0.649. The third-order valence-corrected chi connectivity index (χ3v) is 6.71. The summed E-state index contributed by atoms with van der Waals surface area (Å²) in [5.74, 6) is 1.54. The van der Waals surface area contributed by atoms with Crippen molar-refractivity contribution < 1.29 is 22.6 Å². The minimum atomic E-state index is -4.37. The van der Waals surface area contributed by atoms with Crippen LogP contribution >= 0.6 is 0 Å². The molecule has 0 radical (unpaired) electrons. The molecule has 0 heterocycles. The van der Waals surface area contributed by atoms with Gasteiger partial charge in [0.15, 0.2) is 0 Å². The Balaban J connectivity index is 1.74. The van der Waals surface area contributed by atoms with Crippen molar-refractivity contribution in [3.05, 3.63) is 95.6 Å². The third-order valence-electron chi connectivity index (χ3n) is 6.71. The van der Waals surface area contributed by atoms with E-state index in [1.807, 2.05) is 48.5 Å². The minimum Gasteiger partial charge on any atom is -0.497 e. The zero-order valence-electron chi connectivity index (χ0n) is 19.6. The molecule has 1 aliphatic carbocycles. The summed E-state index contributed by atoms with van der Waals surface area (Å²) in [6, 6.07) is 23.4. The van der Waals surface area contributed by atoms with E-state index in [4.69, 9.17) is 9.47 Å². The molecule has 0 spiro atoms. The summed E-state index contributed by atoms with van der Waals surface area (Å²) in [6.07, 6.45) is -1.44. The average molecular weight is 475 g/mol. The van der Waals surface area contributed by atoms with Gasteiger partial charge in [-0.05, 0) is 106 Å². The molecule has 0 N–H and O–H groups in total. The predicted molar refractivity (Wildman–Crippen MR) is 133 cm³/mol. The Morgan fingerprint density at radius 1 is 0.600 bits per heavy atom. The van der Waals surface area contributed by atoms with Gasteiger partial charge in [-0.15, -0.1) is 0 Å². The summed E-state index contributed by atoms with van der Waals surface area (Å²) in [6.45, 7) is 0. The highest BCUT2D eigenvalue weighted by molar-refractivity contribution is 5.92. The third kappa shape index (κ3) is 4.39. The largest absolute Gasteiger partial charge is 0.497 e. The van der Waals surface area contributed by atoms with Crippen molar-refractivity contribution in [1.29, 1.82) is 0 Å². The molecule has 1 aliphatic rings. The lowest BCUT2D eigenvalue weighted by molar-refractivity contribution is -0.137. The van der Waals surface area contributed by atoms with Crippen molar-refractivity contribution in [3.63, 3.8) is 0 Å². The fourth-order valence-corrected chi connectivity index (χ4v) is 4.97. The van der Waals surface area contributed by atoms with Gasteiger partial charge >= 0.3 is 6.18 Å². The number of halogens is 3. The van der Waals surface area contributed by atoms with Crippen LogP contribution in [-0.2, 0) is 19.0 Å². The van der Waals surface area contributed by atoms with Gasteiger partial charge in [0.1, 0.15) is 11.5 Å². The Morgan fingerprint density at radius 3 is 1.63 bits per heavy atom. The van der Waals surface area contributed by atoms with E-state index >= 15 is 0 Å². The summed E-state index contributed by atoms with van der Waals surface area (Å²) in [5, 5.41) is 0. The Morgan fingerprint density at radius 2 is 1.09 bits per heavy atom. The van der Waals surface area contributed by atoms with Crippen LogP contribution in [0.3, 0.4) is 0 Å². The SMILES string of the molecule is COc1ccc(-c2cc(-c3ccc(C(F)(F)F)cc3)c(-c3ccc(OC)cc3)c3c2CCC3)cc1. The van der Waals surface area contributed by atoms with E-state index in [1.165, 1.54) is 11.1 Å². The monoisotopic (exact) mass is 474 g/mol. The molecule has 5 heteroatoms. The van der Waals surface area contributed by atoms with E-state index in [9.17, 15) is 13.2 Å². The van der Waals surface area contributed by atoms with Crippen LogP contribution in [0.15, 0.2) is 78.9 Å². The lowest BCUT2D eigenvalue weighted by Gasteiger charge is -2.20. The number of fused-ring (bicyclic) bond motifs is 1. The number of hydrogen-bond acceptors (Lipinski definition) is 2. The van der Waals surface area contributed by atoms with Crippen LogP contribution in [0.4, 0.5) is 13.2 Å². The van der Waals surface area contributed by atoms with Crippen LogP contribution in [-0.4, -0.2) is 14.2 Å². The molecule has 0 aliphatic heterocycles. The van der Waals surface area contributed by atoms with Gasteiger partial charge in [0.05, 0.1) is 19.8 Å². The molecule has 178 valence electrons. The molecule has 0 unspecified atom stereocenters. The van der Waals surface area contributed by atoms with Crippen molar-refractivity contribution >= 4 is 0 Å². The van der Waals surface area contributed by atoms with Gasteiger partial charge in [0.2, 0.25) is 0 Å². The van der Waals surface area contributed by atoms with E-state index in [1.54, 1.807) is 26.4 Å². The van der Waals surface area contributed by atoms with Gasteiger partial charge in [-0.1, -0.05) is 36.4 Å². The lowest BCUT2D eigenvalue weighted by Crippen LogP contribution is -2.04. The molecular formula is C30H25F3O2. The zero-order chi connectivity index (χ0) is 24.6. The second kappa shape index (κ2) is 9.14. The molecule has 2 nitrogen and oxygen atoms in total. The second-order valence-corrected chi connectivity index (χ2v) is 8.69.